The van der Waals surface area contributed by atoms with Gasteiger partial charge in [0.25, 0.3) is 0 Å². The summed E-state index contributed by atoms with van der Waals surface area (Å²) in [6.45, 7) is 4.25. The van der Waals surface area contributed by atoms with Crippen molar-refractivity contribution in [2.75, 3.05) is 0 Å². The normalized spacial score (nSPS) is 27.3. The van der Waals surface area contributed by atoms with Gasteiger partial charge in [-0.25, -0.2) is 0 Å². The van der Waals surface area contributed by atoms with Crippen molar-refractivity contribution in [3.05, 3.63) is 11.6 Å². The van der Waals surface area contributed by atoms with Crippen molar-refractivity contribution in [2.45, 2.75) is 32.7 Å². The van der Waals surface area contributed by atoms with E-state index in [0.717, 1.165) is 0 Å². The van der Waals surface area contributed by atoms with Gasteiger partial charge in [0, 0.05) is 12.3 Å². The summed E-state index contributed by atoms with van der Waals surface area (Å²) < 4.78 is 0. The quantitative estimate of drug-likeness (QED) is 0.468. The summed E-state index contributed by atoms with van der Waals surface area (Å²) in [5.74, 6) is 0. The molecule has 1 atom stereocenters. The molecule has 9 heavy (non-hydrogen) atoms. The lowest BCUT2D eigenvalue weighted by molar-refractivity contribution is 0.686. The van der Waals surface area contributed by atoms with E-state index >= 15 is 0 Å². The zero-order valence-electron chi connectivity index (χ0n) is 6.09. The standard InChI is InChI=1S/C8H13N/c1-7-4-3-5-8(2)9-6-7/h4,6,8H,3,5H2,1-2H3. The average molecular weight is 123 g/mol. The van der Waals surface area contributed by atoms with Gasteiger partial charge in [-0.05, 0) is 32.3 Å². The molecular weight excluding hydrogens is 110 g/mol. The third-order valence-corrected chi connectivity index (χ3v) is 1.58. The lowest BCUT2D eigenvalue weighted by Crippen LogP contribution is -1.94. The third-order valence-electron chi connectivity index (χ3n) is 1.58. The van der Waals surface area contributed by atoms with E-state index in [0.29, 0.717) is 6.04 Å². The maximum atomic E-state index is 4.31. The van der Waals surface area contributed by atoms with E-state index in [4.69, 9.17) is 0 Å². The topological polar surface area (TPSA) is 12.4 Å². The number of hydrogen-bond donors (Lipinski definition) is 0. The molecule has 0 N–H and O–H groups in total. The van der Waals surface area contributed by atoms with Crippen molar-refractivity contribution in [3.63, 3.8) is 0 Å². The summed E-state index contributed by atoms with van der Waals surface area (Å²) in [6, 6.07) is 0.527. The maximum absolute atomic E-state index is 4.31. The highest BCUT2D eigenvalue weighted by Crippen LogP contribution is 2.07. The van der Waals surface area contributed by atoms with Crippen LogP contribution in [0.3, 0.4) is 0 Å². The van der Waals surface area contributed by atoms with E-state index in [1.165, 1.54) is 18.4 Å². The van der Waals surface area contributed by atoms with E-state index < -0.39 is 0 Å². The summed E-state index contributed by atoms with van der Waals surface area (Å²) in [7, 11) is 0. The predicted molar refractivity (Wildman–Crippen MR) is 40.9 cm³/mol. The second-order valence-electron chi connectivity index (χ2n) is 2.65. The summed E-state index contributed by atoms with van der Waals surface area (Å²) >= 11 is 0. The average Bonchev–Trinajstić information content (AvgIpc) is 1.97. The van der Waals surface area contributed by atoms with E-state index in [-0.39, 0.29) is 0 Å². The highest BCUT2D eigenvalue weighted by molar-refractivity contribution is 5.77. The molecule has 1 heterocycles. The van der Waals surface area contributed by atoms with Crippen LogP contribution in [-0.4, -0.2) is 12.3 Å². The minimum atomic E-state index is 0.527. The Bertz CT molecular complexity index is 145. The fourth-order valence-corrected chi connectivity index (χ4v) is 0.924. The molecule has 1 nitrogen and oxygen atoms in total. The molecular formula is C8H13N. The lowest BCUT2D eigenvalue weighted by atomic mass is 10.2. The van der Waals surface area contributed by atoms with Gasteiger partial charge in [0.1, 0.15) is 0 Å². The SMILES string of the molecule is CC1=CCCC(C)N=C1. The first-order valence-corrected chi connectivity index (χ1v) is 3.49. The molecule has 1 rings (SSSR count). The number of rotatable bonds is 0. The van der Waals surface area contributed by atoms with Crippen LogP contribution in [0.5, 0.6) is 0 Å². The summed E-state index contributed by atoms with van der Waals surface area (Å²) in [5, 5.41) is 0. The Kier molecular flexibility index (Phi) is 2.04. The predicted octanol–water partition coefficient (Wildman–Crippen LogP) is 2.19. The van der Waals surface area contributed by atoms with Crippen molar-refractivity contribution in [2.24, 2.45) is 4.99 Å². The van der Waals surface area contributed by atoms with Crippen molar-refractivity contribution in [1.82, 2.24) is 0 Å². The molecule has 0 spiro atoms. The monoisotopic (exact) mass is 123 g/mol. The second-order valence-corrected chi connectivity index (χ2v) is 2.65. The van der Waals surface area contributed by atoms with Gasteiger partial charge in [0.2, 0.25) is 0 Å². The molecule has 0 aromatic heterocycles. The molecule has 0 aromatic rings. The number of allylic oxidation sites excluding steroid dienone is 2. The van der Waals surface area contributed by atoms with Gasteiger partial charge in [-0.1, -0.05) is 6.08 Å². The minimum absolute atomic E-state index is 0.527. The fraction of sp³-hybridized carbons (Fsp3) is 0.625. The maximum Gasteiger partial charge on any atom is 0.0474 e. The van der Waals surface area contributed by atoms with E-state index in [2.05, 4.69) is 24.9 Å². The van der Waals surface area contributed by atoms with Crippen molar-refractivity contribution >= 4 is 6.21 Å². The Labute approximate surface area is 56.5 Å². The number of aliphatic imine (C=N–C) groups is 1. The first-order chi connectivity index (χ1) is 4.29. The molecule has 1 aliphatic heterocycles. The van der Waals surface area contributed by atoms with Gasteiger partial charge in [-0.2, -0.15) is 0 Å². The van der Waals surface area contributed by atoms with Crippen LogP contribution < -0.4 is 0 Å². The molecule has 0 radical (unpaired) electrons. The molecule has 50 valence electrons. The van der Waals surface area contributed by atoms with Crippen molar-refractivity contribution in [1.29, 1.82) is 0 Å². The van der Waals surface area contributed by atoms with Gasteiger partial charge in [-0.15, -0.1) is 0 Å². The molecule has 1 aliphatic rings. The van der Waals surface area contributed by atoms with Crippen molar-refractivity contribution in [3.8, 4) is 0 Å². The highest BCUT2D eigenvalue weighted by atomic mass is 14.8. The van der Waals surface area contributed by atoms with Gasteiger partial charge in [-0.3, -0.25) is 4.99 Å². The molecule has 1 unspecified atom stereocenters. The third kappa shape index (κ3) is 2.00. The Morgan fingerprint density at radius 3 is 3.22 bits per heavy atom. The van der Waals surface area contributed by atoms with Gasteiger partial charge in [0.05, 0.1) is 0 Å². The Balaban J connectivity index is 2.58. The van der Waals surface area contributed by atoms with E-state index in [9.17, 15) is 0 Å². The highest BCUT2D eigenvalue weighted by Gasteiger charge is 1.99. The Hall–Kier alpha value is -0.590. The molecule has 0 aliphatic carbocycles. The Morgan fingerprint density at radius 1 is 1.67 bits per heavy atom. The molecule has 0 fully saturated rings. The zero-order valence-corrected chi connectivity index (χ0v) is 6.09. The molecule has 1 heteroatoms. The fourth-order valence-electron chi connectivity index (χ4n) is 0.924. The van der Waals surface area contributed by atoms with Crippen LogP contribution in [-0.2, 0) is 0 Å². The first-order valence-electron chi connectivity index (χ1n) is 3.49. The van der Waals surface area contributed by atoms with Crippen LogP contribution in [0.2, 0.25) is 0 Å². The van der Waals surface area contributed by atoms with E-state index in [1.807, 2.05) is 6.21 Å². The van der Waals surface area contributed by atoms with Crippen LogP contribution in [0.15, 0.2) is 16.6 Å². The van der Waals surface area contributed by atoms with Gasteiger partial charge >= 0.3 is 0 Å². The van der Waals surface area contributed by atoms with Crippen LogP contribution in [0.1, 0.15) is 26.7 Å². The van der Waals surface area contributed by atoms with Gasteiger partial charge in [0.15, 0.2) is 0 Å². The number of nitrogens with zero attached hydrogens (tertiary/aromatic N) is 1. The van der Waals surface area contributed by atoms with Crippen LogP contribution >= 0.6 is 0 Å². The molecule has 0 saturated carbocycles. The summed E-state index contributed by atoms with van der Waals surface area (Å²) in [5.41, 5.74) is 1.30. The largest absolute Gasteiger partial charge is 0.290 e. The first kappa shape index (κ1) is 6.53. The zero-order chi connectivity index (χ0) is 6.69. The minimum Gasteiger partial charge on any atom is -0.290 e. The lowest BCUT2D eigenvalue weighted by Gasteiger charge is -1.97. The van der Waals surface area contributed by atoms with Crippen LogP contribution in [0.25, 0.3) is 0 Å². The molecule has 0 saturated heterocycles. The van der Waals surface area contributed by atoms with Crippen LogP contribution in [0.4, 0.5) is 0 Å². The van der Waals surface area contributed by atoms with E-state index in [1.54, 1.807) is 0 Å². The molecule has 0 amide bonds. The number of hydrogen-bond acceptors (Lipinski definition) is 1. The van der Waals surface area contributed by atoms with Crippen molar-refractivity contribution < 1.29 is 0 Å². The van der Waals surface area contributed by atoms with Gasteiger partial charge < -0.3 is 0 Å². The Morgan fingerprint density at radius 2 is 2.44 bits per heavy atom. The smallest absolute Gasteiger partial charge is 0.0474 e. The molecule has 0 aromatic carbocycles. The summed E-state index contributed by atoms with van der Waals surface area (Å²) in [4.78, 5) is 4.31. The second kappa shape index (κ2) is 2.81. The van der Waals surface area contributed by atoms with Crippen LogP contribution in [0, 0.1) is 0 Å². The summed E-state index contributed by atoms with van der Waals surface area (Å²) in [6.07, 6.45) is 6.60. The molecule has 0 bridgehead atoms.